The van der Waals surface area contributed by atoms with Crippen LogP contribution in [0.3, 0.4) is 0 Å². The zero-order valence-corrected chi connectivity index (χ0v) is 13.4. The summed E-state index contributed by atoms with van der Waals surface area (Å²) in [5.74, 6) is 0.505. The molecule has 1 nitrogen and oxygen atoms in total. The lowest BCUT2D eigenvalue weighted by molar-refractivity contribution is -0.513. The molecule has 0 aliphatic heterocycles. The summed E-state index contributed by atoms with van der Waals surface area (Å²) in [5, 5.41) is 2.18. The molecule has 1 heteroatoms. The van der Waals surface area contributed by atoms with Crippen LogP contribution >= 0.6 is 0 Å². The Balaban J connectivity index is 2.09. The normalized spacial score (nSPS) is 18.5. The first-order valence-electron chi connectivity index (χ1n) is 7.61. The molecule has 2 N–H and O–H groups in total. The largest absolute Gasteiger partial charge is 0.282 e. The second-order valence-electron chi connectivity index (χ2n) is 6.12. The summed E-state index contributed by atoms with van der Waals surface area (Å²) in [6.07, 6.45) is 6.65. The summed E-state index contributed by atoms with van der Waals surface area (Å²) in [4.78, 5) is 0. The maximum atomic E-state index is 4.26. The first kappa shape index (κ1) is 15.5. The molecule has 0 heterocycles. The average Bonchev–Trinajstić information content (AvgIpc) is 2.60. The number of nitrogens with two attached hydrogens (primary N) is 1. The third kappa shape index (κ3) is 4.05. The number of quaternary nitrogens is 1. The molecule has 1 aliphatic carbocycles. The van der Waals surface area contributed by atoms with Crippen molar-refractivity contribution in [3.05, 3.63) is 77.6 Å². The van der Waals surface area contributed by atoms with Crippen molar-refractivity contribution >= 4 is 5.69 Å². The average molecular weight is 280 g/mol. The van der Waals surface area contributed by atoms with Gasteiger partial charge in [-0.1, -0.05) is 42.0 Å². The van der Waals surface area contributed by atoms with Gasteiger partial charge in [-0.3, -0.25) is 5.32 Å². The summed E-state index contributed by atoms with van der Waals surface area (Å²) in [5.41, 5.74) is 7.62. The molecule has 1 aromatic rings. The van der Waals surface area contributed by atoms with Crippen LogP contribution in [0, 0.1) is 12.8 Å². The molecule has 110 valence electrons. The lowest BCUT2D eigenvalue weighted by atomic mass is 9.89. The standard InChI is InChI=1S/C20H25N/c1-14(2)20-12-11-18(10-9-16(20)4)17(5)21-19-8-6-7-15(3)13-19/h6-10,13,20-21H,1,5,11-12H2,2-4H3/p+1. The summed E-state index contributed by atoms with van der Waals surface area (Å²) < 4.78 is 0. The molecule has 1 aromatic carbocycles. The summed E-state index contributed by atoms with van der Waals surface area (Å²) >= 11 is 0. The van der Waals surface area contributed by atoms with Gasteiger partial charge >= 0.3 is 0 Å². The van der Waals surface area contributed by atoms with Crippen LogP contribution in [0.1, 0.15) is 32.3 Å². The van der Waals surface area contributed by atoms with Crippen molar-refractivity contribution in [3.63, 3.8) is 0 Å². The fraction of sp³-hybridized carbons (Fsp3) is 0.300. The Kier molecular flexibility index (Phi) is 4.98. The van der Waals surface area contributed by atoms with Crippen LogP contribution in [-0.2, 0) is 0 Å². The van der Waals surface area contributed by atoms with E-state index in [9.17, 15) is 0 Å². The monoisotopic (exact) mass is 280 g/mol. The molecule has 0 aromatic heterocycles. The fourth-order valence-corrected chi connectivity index (χ4v) is 2.92. The zero-order chi connectivity index (χ0) is 15.4. The first-order valence-corrected chi connectivity index (χ1v) is 7.61. The van der Waals surface area contributed by atoms with Crippen LogP contribution < -0.4 is 5.32 Å². The predicted molar refractivity (Wildman–Crippen MR) is 91.3 cm³/mol. The van der Waals surface area contributed by atoms with E-state index in [1.807, 2.05) is 0 Å². The summed E-state index contributed by atoms with van der Waals surface area (Å²) in [6, 6.07) is 8.54. The third-order valence-electron chi connectivity index (χ3n) is 4.19. The van der Waals surface area contributed by atoms with Gasteiger partial charge in [0.1, 0.15) is 11.4 Å². The second kappa shape index (κ2) is 6.73. The van der Waals surface area contributed by atoms with E-state index >= 15 is 0 Å². The molecule has 0 spiro atoms. The van der Waals surface area contributed by atoms with Gasteiger partial charge in [0.05, 0.1) is 0 Å². The van der Waals surface area contributed by atoms with Crippen molar-refractivity contribution in [1.82, 2.24) is 0 Å². The van der Waals surface area contributed by atoms with Crippen molar-refractivity contribution in [2.75, 3.05) is 0 Å². The van der Waals surface area contributed by atoms with Gasteiger partial charge in [-0.25, -0.2) is 0 Å². The molecular formula is C20H26N+. The van der Waals surface area contributed by atoms with Crippen LogP contribution in [0.4, 0.5) is 5.69 Å². The fourth-order valence-electron chi connectivity index (χ4n) is 2.92. The minimum Gasteiger partial charge on any atom is -0.282 e. The van der Waals surface area contributed by atoms with E-state index in [1.54, 1.807) is 0 Å². The van der Waals surface area contributed by atoms with E-state index in [0.717, 1.165) is 18.5 Å². The first-order chi connectivity index (χ1) is 9.97. The molecular weight excluding hydrogens is 254 g/mol. The predicted octanol–water partition coefficient (Wildman–Crippen LogP) is 4.56. The molecule has 0 saturated heterocycles. The Morgan fingerprint density at radius 2 is 1.95 bits per heavy atom. The van der Waals surface area contributed by atoms with Gasteiger partial charge in [-0.05, 0) is 51.8 Å². The van der Waals surface area contributed by atoms with E-state index in [4.69, 9.17) is 0 Å². The molecule has 1 unspecified atom stereocenters. The number of hydrogen-bond acceptors (Lipinski definition) is 0. The molecule has 0 amide bonds. The SMILES string of the molecule is C=C([NH2+]c1cccc(C)c1)C1=CC=C(C)C(C(=C)C)CC1. The van der Waals surface area contributed by atoms with E-state index in [2.05, 4.69) is 75.7 Å². The highest BCUT2D eigenvalue weighted by atomic mass is 14.9. The Hall–Kier alpha value is -1.86. The molecule has 21 heavy (non-hydrogen) atoms. The van der Waals surface area contributed by atoms with Crippen molar-refractivity contribution in [3.8, 4) is 0 Å². The second-order valence-corrected chi connectivity index (χ2v) is 6.12. The van der Waals surface area contributed by atoms with Crippen LogP contribution in [-0.4, -0.2) is 0 Å². The van der Waals surface area contributed by atoms with Crippen LogP contribution in [0.15, 0.2) is 72.0 Å². The Bertz CT molecular complexity index is 616. The van der Waals surface area contributed by atoms with Crippen LogP contribution in [0.25, 0.3) is 0 Å². The molecule has 0 radical (unpaired) electrons. The Labute approximate surface area is 128 Å². The minimum absolute atomic E-state index is 0.505. The van der Waals surface area contributed by atoms with E-state index < -0.39 is 0 Å². The quantitative estimate of drug-likeness (QED) is 0.615. The van der Waals surface area contributed by atoms with Gasteiger partial charge in [0.2, 0.25) is 0 Å². The van der Waals surface area contributed by atoms with Crippen LogP contribution in [0.5, 0.6) is 0 Å². The molecule has 0 fully saturated rings. The highest BCUT2D eigenvalue weighted by molar-refractivity contribution is 5.37. The van der Waals surface area contributed by atoms with E-state index in [-0.39, 0.29) is 0 Å². The van der Waals surface area contributed by atoms with E-state index in [0.29, 0.717) is 5.92 Å². The van der Waals surface area contributed by atoms with Gasteiger partial charge in [0.25, 0.3) is 0 Å². The van der Waals surface area contributed by atoms with Crippen molar-refractivity contribution < 1.29 is 5.32 Å². The number of allylic oxidation sites excluding steroid dienone is 5. The van der Waals surface area contributed by atoms with Gasteiger partial charge in [-0.2, -0.15) is 0 Å². The van der Waals surface area contributed by atoms with Gasteiger partial charge in [0.15, 0.2) is 0 Å². The Morgan fingerprint density at radius 3 is 2.62 bits per heavy atom. The van der Waals surface area contributed by atoms with Gasteiger partial charge in [0, 0.05) is 17.6 Å². The molecule has 2 rings (SSSR count). The molecule has 0 saturated carbocycles. The van der Waals surface area contributed by atoms with Gasteiger partial charge in [-0.15, -0.1) is 0 Å². The number of hydrogen-bond donors (Lipinski definition) is 1. The van der Waals surface area contributed by atoms with Crippen molar-refractivity contribution in [2.45, 2.75) is 33.6 Å². The number of aryl methyl sites for hydroxylation is 1. The smallest absolute Gasteiger partial charge is 0.134 e. The molecule has 1 atom stereocenters. The Morgan fingerprint density at radius 1 is 1.19 bits per heavy atom. The maximum absolute atomic E-state index is 4.26. The minimum atomic E-state index is 0.505. The van der Waals surface area contributed by atoms with Crippen molar-refractivity contribution in [1.29, 1.82) is 0 Å². The molecule has 1 aliphatic rings. The van der Waals surface area contributed by atoms with Crippen molar-refractivity contribution in [2.24, 2.45) is 5.92 Å². The van der Waals surface area contributed by atoms with Gasteiger partial charge < -0.3 is 0 Å². The summed E-state index contributed by atoms with van der Waals surface area (Å²) in [6.45, 7) is 14.8. The lowest BCUT2D eigenvalue weighted by Crippen LogP contribution is -2.75. The lowest BCUT2D eigenvalue weighted by Gasteiger charge is -2.16. The number of rotatable bonds is 4. The highest BCUT2D eigenvalue weighted by Crippen LogP contribution is 2.29. The number of benzene rings is 1. The maximum Gasteiger partial charge on any atom is 0.134 e. The molecule has 0 bridgehead atoms. The topological polar surface area (TPSA) is 16.6 Å². The van der Waals surface area contributed by atoms with E-state index in [1.165, 1.54) is 28.0 Å². The third-order valence-corrected chi connectivity index (χ3v) is 4.19. The van der Waals surface area contributed by atoms with Crippen LogP contribution in [0.2, 0.25) is 0 Å². The summed E-state index contributed by atoms with van der Waals surface area (Å²) in [7, 11) is 0. The highest BCUT2D eigenvalue weighted by Gasteiger charge is 2.17. The zero-order valence-electron chi connectivity index (χ0n) is 13.4.